The molecule has 1 atom stereocenters. The van der Waals surface area contributed by atoms with Crippen LogP contribution >= 0.6 is 0 Å². The van der Waals surface area contributed by atoms with Gasteiger partial charge >= 0.3 is 18.3 Å². The van der Waals surface area contributed by atoms with Gasteiger partial charge in [-0.15, -0.1) is 0 Å². The molecule has 0 saturated heterocycles. The highest BCUT2D eigenvalue weighted by Crippen LogP contribution is 2.36. The molecule has 0 aromatic heterocycles. The third kappa shape index (κ3) is 5.47. The van der Waals surface area contributed by atoms with E-state index in [-0.39, 0.29) is 0 Å². The van der Waals surface area contributed by atoms with Gasteiger partial charge in [0.1, 0.15) is 0 Å². The van der Waals surface area contributed by atoms with Crippen molar-refractivity contribution in [2.75, 3.05) is 11.9 Å². The van der Waals surface area contributed by atoms with Crippen LogP contribution in [0.25, 0.3) is 0 Å². The Morgan fingerprint density at radius 1 is 0.968 bits per heavy atom. The minimum atomic E-state index is -5.66. The maximum Gasteiger partial charge on any atom is 0.437 e. The van der Waals surface area contributed by atoms with Gasteiger partial charge in [-0.2, -0.15) is 31.1 Å². The second-order valence-electron chi connectivity index (χ2n) is 6.09. The van der Waals surface area contributed by atoms with Crippen LogP contribution in [-0.2, 0) is 25.7 Å². The average Bonchev–Trinajstić information content (AvgIpc) is 2.67. The quantitative estimate of drug-likeness (QED) is 0.364. The van der Waals surface area contributed by atoms with Crippen molar-refractivity contribution in [2.45, 2.75) is 29.8 Å². The number of ether oxygens (including phenoxy) is 1. The summed E-state index contributed by atoms with van der Waals surface area (Å²) in [4.78, 5) is 11.7. The molecule has 0 aliphatic carbocycles. The van der Waals surface area contributed by atoms with Gasteiger partial charge < -0.3 is 10.1 Å². The van der Waals surface area contributed by atoms with E-state index < -0.39 is 56.8 Å². The van der Waals surface area contributed by atoms with E-state index in [1.165, 1.54) is 29.8 Å². The largest absolute Gasteiger partial charge is 0.463 e. The monoisotopic (exact) mass is 470 g/mol. The molecule has 2 aromatic rings. The number of carbonyl (C=O) groups is 1. The first-order chi connectivity index (χ1) is 14.2. The highest BCUT2D eigenvalue weighted by molar-refractivity contribution is 7.89. The lowest BCUT2D eigenvalue weighted by molar-refractivity contribution is -0.202. The number of esters is 1. The smallest absolute Gasteiger partial charge is 0.437 e. The summed E-state index contributed by atoms with van der Waals surface area (Å²) in [5, 5.41) is 1.57. The predicted octanol–water partition coefficient (Wildman–Crippen LogP) is 3.92. The molecule has 0 spiro atoms. The Labute approximate surface area is 173 Å². The summed E-state index contributed by atoms with van der Waals surface area (Å²) < 4.78 is 112. The molecule has 6 nitrogen and oxygen atoms in total. The Morgan fingerprint density at radius 3 is 2.10 bits per heavy atom. The van der Waals surface area contributed by atoms with E-state index >= 15 is 0 Å². The molecule has 13 heteroatoms. The lowest BCUT2D eigenvalue weighted by Crippen LogP contribution is -2.69. The molecule has 0 bridgehead atoms. The number of sulfonamides is 1. The van der Waals surface area contributed by atoms with Crippen LogP contribution < -0.4 is 10.0 Å². The molecule has 2 aromatic carbocycles. The average molecular weight is 470 g/mol. The zero-order valence-electron chi connectivity index (χ0n) is 15.7. The molecule has 0 fully saturated rings. The summed E-state index contributed by atoms with van der Waals surface area (Å²) in [5.41, 5.74) is -6.25. The van der Waals surface area contributed by atoms with Crippen molar-refractivity contribution in [3.8, 4) is 0 Å². The lowest BCUT2D eigenvalue weighted by atomic mass is 10.1. The minimum absolute atomic E-state index is 0.302. The molecule has 0 saturated carbocycles. The number of halogens is 6. The summed E-state index contributed by atoms with van der Waals surface area (Å²) in [7, 11) is -4.98. The van der Waals surface area contributed by atoms with Gasteiger partial charge in [-0.1, -0.05) is 24.3 Å². The van der Waals surface area contributed by atoms with Crippen LogP contribution in [0.15, 0.2) is 59.5 Å². The molecule has 0 heterocycles. The summed E-state index contributed by atoms with van der Waals surface area (Å²) in [6.45, 7) is 0.614. The maximum absolute atomic E-state index is 14.1. The highest BCUT2D eigenvalue weighted by Gasteiger charge is 2.64. The van der Waals surface area contributed by atoms with Crippen LogP contribution in [-0.4, -0.2) is 32.8 Å². The maximum atomic E-state index is 14.1. The van der Waals surface area contributed by atoms with Gasteiger partial charge in [0.2, 0.25) is 10.0 Å². The van der Waals surface area contributed by atoms with E-state index in [0.29, 0.717) is 12.1 Å². The van der Waals surface area contributed by atoms with Crippen LogP contribution in [0.1, 0.15) is 12.5 Å². The van der Waals surface area contributed by atoms with E-state index in [0.717, 1.165) is 24.3 Å². The second kappa shape index (κ2) is 8.75. The number of hydrogen-bond acceptors (Lipinski definition) is 5. The van der Waals surface area contributed by atoms with Crippen LogP contribution in [0, 0.1) is 0 Å². The van der Waals surface area contributed by atoms with Gasteiger partial charge in [0, 0.05) is 5.69 Å². The number of rotatable bonds is 7. The Morgan fingerprint density at radius 2 is 1.58 bits per heavy atom. The number of nitrogens with one attached hydrogen (secondary N) is 2. The van der Waals surface area contributed by atoms with E-state index in [1.54, 1.807) is 5.32 Å². The zero-order valence-corrected chi connectivity index (χ0v) is 16.5. The molecule has 0 amide bonds. The molecular formula is C18H16F6N2O4S. The van der Waals surface area contributed by atoms with Gasteiger partial charge in [-0.25, -0.2) is 13.2 Å². The molecule has 2 N–H and O–H groups in total. The summed E-state index contributed by atoms with van der Waals surface area (Å²) in [5.74, 6) is -2.10. The standard InChI is InChI=1S/C18H16F6N2O4S/c1-2-30-15(27)16(18(22,23)24,26-31(28,29)14-9-4-3-5-10-14)25-13-8-6-7-12(11-13)17(19,20)21/h3-11,25-26H,2H2,1H3. The molecule has 31 heavy (non-hydrogen) atoms. The Hall–Kier alpha value is -2.80. The van der Waals surface area contributed by atoms with Crippen molar-refractivity contribution in [2.24, 2.45) is 0 Å². The molecule has 0 aliphatic rings. The first-order valence-electron chi connectivity index (χ1n) is 8.51. The van der Waals surface area contributed by atoms with Gasteiger partial charge in [0.15, 0.2) is 0 Å². The van der Waals surface area contributed by atoms with E-state index in [4.69, 9.17) is 0 Å². The number of carbonyl (C=O) groups excluding carboxylic acids is 1. The Kier molecular flexibility index (Phi) is 6.90. The summed E-state index contributed by atoms with van der Waals surface area (Å²) in [6, 6.07) is 8.31. The molecule has 170 valence electrons. The lowest BCUT2D eigenvalue weighted by Gasteiger charge is -2.35. The topological polar surface area (TPSA) is 84.5 Å². The van der Waals surface area contributed by atoms with Crippen LogP contribution in [0.4, 0.5) is 32.0 Å². The normalized spacial score (nSPS) is 14.5. The Balaban J connectivity index is 2.64. The fraction of sp³-hybridized carbons (Fsp3) is 0.278. The van der Waals surface area contributed by atoms with Crippen molar-refractivity contribution in [3.05, 3.63) is 60.2 Å². The fourth-order valence-corrected chi connectivity index (χ4v) is 3.74. The number of hydrogen-bond donors (Lipinski definition) is 2. The SMILES string of the molecule is CCOC(=O)C(Nc1cccc(C(F)(F)F)c1)(NS(=O)(=O)c1ccccc1)C(F)(F)F. The van der Waals surface area contributed by atoms with Crippen molar-refractivity contribution in [3.63, 3.8) is 0 Å². The molecule has 0 radical (unpaired) electrons. The molecule has 0 aliphatic heterocycles. The fourth-order valence-electron chi connectivity index (χ4n) is 2.45. The van der Waals surface area contributed by atoms with Gasteiger partial charge in [0.25, 0.3) is 5.66 Å². The first kappa shape index (κ1) is 24.5. The van der Waals surface area contributed by atoms with Gasteiger partial charge in [-0.3, -0.25) is 0 Å². The highest BCUT2D eigenvalue weighted by atomic mass is 32.2. The van der Waals surface area contributed by atoms with E-state index in [1.807, 2.05) is 0 Å². The summed E-state index contributed by atoms with van der Waals surface area (Å²) >= 11 is 0. The molecule has 2 rings (SSSR count). The van der Waals surface area contributed by atoms with Crippen LogP contribution in [0.2, 0.25) is 0 Å². The van der Waals surface area contributed by atoms with Crippen molar-refractivity contribution in [1.29, 1.82) is 0 Å². The second-order valence-corrected chi connectivity index (χ2v) is 7.77. The van der Waals surface area contributed by atoms with Crippen molar-refractivity contribution >= 4 is 21.7 Å². The minimum Gasteiger partial charge on any atom is -0.463 e. The predicted molar refractivity (Wildman–Crippen MR) is 97.2 cm³/mol. The van der Waals surface area contributed by atoms with E-state index in [2.05, 4.69) is 4.74 Å². The van der Waals surface area contributed by atoms with Crippen LogP contribution in [0.3, 0.4) is 0 Å². The van der Waals surface area contributed by atoms with Crippen molar-refractivity contribution in [1.82, 2.24) is 4.72 Å². The number of benzene rings is 2. The third-order valence-electron chi connectivity index (χ3n) is 3.87. The third-order valence-corrected chi connectivity index (χ3v) is 5.34. The zero-order chi connectivity index (χ0) is 23.5. The van der Waals surface area contributed by atoms with E-state index in [9.17, 15) is 39.6 Å². The molecular weight excluding hydrogens is 454 g/mol. The van der Waals surface area contributed by atoms with Crippen LogP contribution in [0.5, 0.6) is 0 Å². The van der Waals surface area contributed by atoms with Crippen molar-refractivity contribution < 1.29 is 44.3 Å². The summed E-state index contributed by atoms with van der Waals surface area (Å²) in [6.07, 6.45) is -10.6. The van der Waals surface area contributed by atoms with Gasteiger partial charge in [0.05, 0.1) is 17.1 Å². The number of anilines is 1. The Bertz CT molecular complexity index is 1030. The van der Waals surface area contributed by atoms with Gasteiger partial charge in [-0.05, 0) is 37.3 Å². The number of alkyl halides is 6. The molecule has 1 unspecified atom stereocenters. The first-order valence-corrected chi connectivity index (χ1v) is 9.99.